The normalized spacial score (nSPS) is 23.3. The molecule has 14 heteroatoms. The Morgan fingerprint density at radius 1 is 0.359 bits per heavy atom. The van der Waals surface area contributed by atoms with Crippen LogP contribution in [0.5, 0.6) is 34.5 Å². The van der Waals surface area contributed by atoms with Crippen LogP contribution in [0.15, 0.2) is 84.9 Å². The SMILES string of the molecule is CCCCC[C@H]1CC[C@H](C(=O)Oc2ccc(OC(=O)C3CCC(C(=O)Oc4ccc(OC(=O)[C@H]5CC[C@H](C(=O)Oc6ccc(OC(=O)[C@H]7CC[C@H](CCCCC)CC7)cc6)CC5)cc4-c4cc(F)cc(F)c4)CC3)cc2)CC1. The predicted octanol–water partition coefficient (Wildman–Crippen LogP) is 14.9. The molecular formula is C64H76F2O12. The van der Waals surface area contributed by atoms with Crippen molar-refractivity contribution in [3.8, 4) is 45.6 Å². The van der Waals surface area contributed by atoms with Crippen molar-refractivity contribution in [1.29, 1.82) is 0 Å². The first-order valence-corrected chi connectivity index (χ1v) is 28.9. The Kier molecular flexibility index (Phi) is 21.1. The van der Waals surface area contributed by atoms with Gasteiger partial charge in [0.25, 0.3) is 0 Å². The molecule has 4 aromatic rings. The highest BCUT2D eigenvalue weighted by atomic mass is 19.1. The molecule has 0 saturated heterocycles. The first-order valence-electron chi connectivity index (χ1n) is 28.9. The van der Waals surface area contributed by atoms with Gasteiger partial charge < -0.3 is 28.4 Å². The van der Waals surface area contributed by atoms with Crippen molar-refractivity contribution in [3.05, 3.63) is 96.6 Å². The van der Waals surface area contributed by atoms with Gasteiger partial charge >= 0.3 is 35.8 Å². The third-order valence-corrected chi connectivity index (χ3v) is 16.7. The Hall–Kier alpha value is -6.44. The lowest BCUT2D eigenvalue weighted by Crippen LogP contribution is -2.30. The van der Waals surface area contributed by atoms with E-state index in [0.717, 1.165) is 69.6 Å². The summed E-state index contributed by atoms with van der Waals surface area (Å²) in [5.41, 5.74) is 0.180. The lowest BCUT2D eigenvalue weighted by molar-refractivity contribution is -0.145. The Bertz CT molecular complexity index is 2630. The highest BCUT2D eigenvalue weighted by molar-refractivity contribution is 5.83. The van der Waals surface area contributed by atoms with Crippen LogP contribution < -0.4 is 28.4 Å². The van der Waals surface area contributed by atoms with Crippen LogP contribution in [0.1, 0.15) is 168 Å². The van der Waals surface area contributed by atoms with E-state index in [1.54, 1.807) is 48.5 Å². The van der Waals surface area contributed by atoms with E-state index in [9.17, 15) is 37.5 Å². The molecule has 4 aromatic carbocycles. The van der Waals surface area contributed by atoms with Crippen LogP contribution in [0.2, 0.25) is 0 Å². The van der Waals surface area contributed by atoms with Crippen molar-refractivity contribution >= 4 is 35.8 Å². The molecule has 4 fully saturated rings. The molecule has 0 aliphatic heterocycles. The van der Waals surface area contributed by atoms with Crippen LogP contribution in [0, 0.1) is 59.0 Å². The number of rotatable bonds is 21. The Morgan fingerprint density at radius 3 is 0.962 bits per heavy atom. The predicted molar refractivity (Wildman–Crippen MR) is 289 cm³/mol. The molecule has 0 N–H and O–H groups in total. The van der Waals surface area contributed by atoms with Crippen LogP contribution in [0.3, 0.4) is 0 Å². The van der Waals surface area contributed by atoms with Crippen molar-refractivity contribution < 1.29 is 66.0 Å². The van der Waals surface area contributed by atoms with Crippen LogP contribution in [0.25, 0.3) is 11.1 Å². The molecule has 4 saturated carbocycles. The second-order valence-corrected chi connectivity index (χ2v) is 22.3. The van der Waals surface area contributed by atoms with Gasteiger partial charge in [0, 0.05) is 11.6 Å². The number of carbonyl (C=O) groups is 6. The minimum atomic E-state index is -0.858. The second kappa shape index (κ2) is 28.4. The van der Waals surface area contributed by atoms with E-state index in [1.165, 1.54) is 69.6 Å². The average Bonchev–Trinajstić information content (AvgIpc) is 3.48. The summed E-state index contributed by atoms with van der Waals surface area (Å²) < 4.78 is 63.6. The fourth-order valence-corrected chi connectivity index (χ4v) is 11.8. The minimum absolute atomic E-state index is 0.00542. The van der Waals surface area contributed by atoms with Gasteiger partial charge in [0.2, 0.25) is 0 Å². The minimum Gasteiger partial charge on any atom is -0.426 e. The quantitative estimate of drug-likeness (QED) is 0.0442. The molecule has 0 atom stereocenters. The summed E-state index contributed by atoms with van der Waals surface area (Å²) in [6.45, 7) is 4.41. The van der Waals surface area contributed by atoms with Gasteiger partial charge in [0.15, 0.2) is 0 Å². The summed E-state index contributed by atoms with van der Waals surface area (Å²) in [5, 5.41) is 0. The maximum absolute atomic E-state index is 14.6. The molecule has 0 heterocycles. The number of benzene rings is 4. The van der Waals surface area contributed by atoms with Gasteiger partial charge in [-0.15, -0.1) is 0 Å². The van der Waals surface area contributed by atoms with Gasteiger partial charge in [0.1, 0.15) is 46.1 Å². The van der Waals surface area contributed by atoms with E-state index in [-0.39, 0.29) is 46.4 Å². The van der Waals surface area contributed by atoms with E-state index in [1.807, 2.05) is 0 Å². The number of hydrogen-bond acceptors (Lipinski definition) is 12. The van der Waals surface area contributed by atoms with Gasteiger partial charge in [-0.05, 0) is 199 Å². The summed E-state index contributed by atoms with van der Waals surface area (Å²) in [5.74, 6) is -3.50. The summed E-state index contributed by atoms with van der Waals surface area (Å²) in [6, 6.07) is 20.0. The molecular weight excluding hydrogens is 999 g/mol. The number of halogens is 2. The summed E-state index contributed by atoms with van der Waals surface area (Å²) in [4.78, 5) is 79.4. The zero-order valence-electron chi connectivity index (χ0n) is 45.3. The number of unbranched alkanes of at least 4 members (excludes halogenated alkanes) is 4. The molecule has 418 valence electrons. The summed E-state index contributed by atoms with van der Waals surface area (Å²) in [6.07, 6.45) is 20.3. The molecule has 12 nitrogen and oxygen atoms in total. The monoisotopic (exact) mass is 1070 g/mol. The van der Waals surface area contributed by atoms with Gasteiger partial charge in [-0.3, -0.25) is 28.8 Å². The topological polar surface area (TPSA) is 158 Å². The number of esters is 6. The third kappa shape index (κ3) is 16.5. The van der Waals surface area contributed by atoms with Crippen molar-refractivity contribution in [2.75, 3.05) is 0 Å². The van der Waals surface area contributed by atoms with Crippen LogP contribution >= 0.6 is 0 Å². The van der Waals surface area contributed by atoms with Gasteiger partial charge in [-0.1, -0.05) is 65.2 Å². The van der Waals surface area contributed by atoms with E-state index in [4.69, 9.17) is 28.4 Å². The summed E-state index contributed by atoms with van der Waals surface area (Å²) in [7, 11) is 0. The number of ether oxygens (including phenoxy) is 6. The Labute approximate surface area is 457 Å². The smallest absolute Gasteiger partial charge is 0.314 e. The van der Waals surface area contributed by atoms with Gasteiger partial charge in [0.05, 0.1) is 35.5 Å². The van der Waals surface area contributed by atoms with Crippen molar-refractivity contribution in [2.24, 2.45) is 47.3 Å². The standard InChI is InChI=1S/C64H76F2O12/c1-3-5-7-9-41-11-15-43(16-12-41)59(67)73-52-27-31-54(32-28-52)75-61(69)45-19-21-47(22-20-45)63(71)77-56-35-36-58(57(40-56)49-37-50(65)39-51(66)38-49)78-64(72)48-25-23-46(24-26-48)62(70)76-55-33-29-53(30-34-55)74-60(68)44-17-13-42(14-18-44)10-8-6-4-2/h27-48H,3-26H2,1-2H3/t41-,42-,43-,44-,45-,46?,47-,48?. The highest BCUT2D eigenvalue weighted by Crippen LogP contribution is 2.40. The molecule has 8 rings (SSSR count). The average molecular weight is 1080 g/mol. The zero-order chi connectivity index (χ0) is 55.0. The maximum Gasteiger partial charge on any atom is 0.314 e. The second-order valence-electron chi connectivity index (χ2n) is 22.3. The number of hydrogen-bond donors (Lipinski definition) is 0. The Balaban J connectivity index is 0.775. The van der Waals surface area contributed by atoms with E-state index < -0.39 is 59.2 Å². The van der Waals surface area contributed by atoms with E-state index in [2.05, 4.69) is 13.8 Å². The van der Waals surface area contributed by atoms with Gasteiger partial charge in [-0.25, -0.2) is 8.78 Å². The fourth-order valence-electron chi connectivity index (χ4n) is 11.8. The molecule has 0 bridgehead atoms. The maximum atomic E-state index is 14.6. The highest BCUT2D eigenvalue weighted by Gasteiger charge is 2.35. The lowest BCUT2D eigenvalue weighted by Gasteiger charge is -2.27. The van der Waals surface area contributed by atoms with Crippen LogP contribution in [-0.4, -0.2) is 35.8 Å². The van der Waals surface area contributed by atoms with Gasteiger partial charge in [-0.2, -0.15) is 0 Å². The largest absolute Gasteiger partial charge is 0.426 e. The third-order valence-electron chi connectivity index (χ3n) is 16.7. The first kappa shape index (κ1) is 57.7. The molecule has 0 aromatic heterocycles. The Morgan fingerprint density at radius 2 is 0.641 bits per heavy atom. The van der Waals surface area contributed by atoms with Crippen molar-refractivity contribution in [3.63, 3.8) is 0 Å². The molecule has 4 aliphatic carbocycles. The van der Waals surface area contributed by atoms with Crippen molar-refractivity contribution in [1.82, 2.24) is 0 Å². The zero-order valence-corrected chi connectivity index (χ0v) is 45.3. The van der Waals surface area contributed by atoms with Crippen molar-refractivity contribution in [2.45, 2.75) is 168 Å². The first-order chi connectivity index (χ1) is 37.8. The summed E-state index contributed by atoms with van der Waals surface area (Å²) >= 11 is 0. The van der Waals surface area contributed by atoms with Crippen LogP contribution in [-0.2, 0) is 28.8 Å². The molecule has 0 spiro atoms. The van der Waals surface area contributed by atoms with E-state index >= 15 is 0 Å². The van der Waals surface area contributed by atoms with Crippen LogP contribution in [0.4, 0.5) is 8.78 Å². The van der Waals surface area contributed by atoms with E-state index in [0.29, 0.717) is 86.2 Å². The number of carbonyl (C=O) groups excluding carboxylic acids is 6. The molecule has 78 heavy (non-hydrogen) atoms. The molecule has 0 unspecified atom stereocenters. The lowest BCUT2D eigenvalue weighted by atomic mass is 9.80. The fraction of sp³-hybridized carbons (Fsp3) is 0.531. The molecule has 0 amide bonds. The molecule has 4 aliphatic rings. The molecule has 0 radical (unpaired) electrons.